The van der Waals surface area contributed by atoms with Gasteiger partial charge in [0.05, 0.1) is 4.21 Å². The Morgan fingerprint density at radius 2 is 1.91 bits per heavy atom. The number of carbonyl (C=O) groups is 1. The average molecular weight is 348 g/mol. The van der Waals surface area contributed by atoms with E-state index in [9.17, 15) is 4.79 Å². The largest absolute Gasteiger partial charge is 0.325 e. The molecule has 22 heavy (non-hydrogen) atoms. The Morgan fingerprint density at radius 1 is 1.18 bits per heavy atom. The van der Waals surface area contributed by atoms with E-state index in [1.807, 2.05) is 36.4 Å². The third kappa shape index (κ3) is 3.14. The minimum absolute atomic E-state index is 0.0800. The maximum absolute atomic E-state index is 11.3. The number of carbonyl (C=O) groups excluding carboxylic acids is 1. The molecule has 112 valence electrons. The van der Waals surface area contributed by atoms with Crippen molar-refractivity contribution < 1.29 is 4.79 Å². The fourth-order valence-electron chi connectivity index (χ4n) is 2.15. The number of nitrogens with one attached hydrogen (secondary N) is 1. The summed E-state index contributed by atoms with van der Waals surface area (Å²) in [7, 11) is 0. The molecule has 0 saturated heterocycles. The molecule has 0 aliphatic rings. The lowest BCUT2D eigenvalue weighted by atomic mass is 10.1. The second-order valence-electron chi connectivity index (χ2n) is 4.99. The maximum Gasteiger partial charge on any atom is 0.159 e. The van der Waals surface area contributed by atoms with Crippen LogP contribution < -0.4 is 4.72 Å². The van der Waals surface area contributed by atoms with E-state index in [0.717, 1.165) is 16.3 Å². The van der Waals surface area contributed by atoms with Crippen molar-refractivity contribution in [1.29, 1.82) is 0 Å². The summed E-state index contributed by atoms with van der Waals surface area (Å²) in [6.07, 6.45) is 0. The first-order valence-corrected chi connectivity index (χ1v) is 8.78. The number of fused-ring (bicyclic) bond motifs is 1. The van der Waals surface area contributed by atoms with Gasteiger partial charge in [-0.1, -0.05) is 11.6 Å². The van der Waals surface area contributed by atoms with Gasteiger partial charge in [0.2, 0.25) is 0 Å². The van der Waals surface area contributed by atoms with Crippen LogP contribution in [0.15, 0.2) is 46.7 Å². The number of halogens is 1. The number of aryl methyl sites for hydroxylation is 1. The quantitative estimate of drug-likeness (QED) is 0.451. The number of thiophene rings is 1. The molecule has 0 saturated carbocycles. The number of anilines is 1. The van der Waals surface area contributed by atoms with Crippen LogP contribution in [0.5, 0.6) is 0 Å². The van der Waals surface area contributed by atoms with Gasteiger partial charge in [0.1, 0.15) is 0 Å². The summed E-state index contributed by atoms with van der Waals surface area (Å²) in [6.45, 7) is 3.68. The smallest absolute Gasteiger partial charge is 0.159 e. The lowest BCUT2D eigenvalue weighted by Crippen LogP contribution is -1.92. The first-order valence-electron chi connectivity index (χ1n) is 6.77. The summed E-state index contributed by atoms with van der Waals surface area (Å²) in [5.74, 6) is 0.0800. The monoisotopic (exact) mass is 347 g/mol. The summed E-state index contributed by atoms with van der Waals surface area (Å²) in [6, 6.07) is 13.5. The normalized spacial score (nSPS) is 10.9. The van der Waals surface area contributed by atoms with Crippen LogP contribution in [0.3, 0.4) is 0 Å². The summed E-state index contributed by atoms with van der Waals surface area (Å²) >= 11 is 9.40. The fraction of sp³-hybridized carbons (Fsp3) is 0.118. The van der Waals surface area contributed by atoms with Crippen molar-refractivity contribution in [2.75, 3.05) is 4.72 Å². The van der Waals surface area contributed by atoms with Crippen LogP contribution >= 0.6 is 34.9 Å². The van der Waals surface area contributed by atoms with Crippen molar-refractivity contribution >= 4 is 56.4 Å². The molecule has 3 rings (SSSR count). The third-order valence-electron chi connectivity index (χ3n) is 3.41. The van der Waals surface area contributed by atoms with E-state index in [1.165, 1.54) is 19.9 Å². The maximum atomic E-state index is 11.3. The highest BCUT2D eigenvalue weighted by Gasteiger charge is 2.09. The molecule has 0 atom stereocenters. The van der Waals surface area contributed by atoms with Crippen LogP contribution in [0.1, 0.15) is 22.8 Å². The summed E-state index contributed by atoms with van der Waals surface area (Å²) in [4.78, 5) is 11.3. The van der Waals surface area contributed by atoms with Crippen LogP contribution in [0.2, 0.25) is 5.02 Å². The Labute approximate surface area is 142 Å². The van der Waals surface area contributed by atoms with Crippen LogP contribution in [-0.2, 0) is 0 Å². The van der Waals surface area contributed by atoms with Gasteiger partial charge >= 0.3 is 0 Å². The first-order chi connectivity index (χ1) is 10.5. The number of benzene rings is 2. The molecule has 0 unspecified atom stereocenters. The zero-order valence-electron chi connectivity index (χ0n) is 12.1. The number of Topliss-reactive ketones (excluding diaryl/α,β-unsaturated/α-hetero) is 1. The van der Waals surface area contributed by atoms with Gasteiger partial charge in [0.15, 0.2) is 5.78 Å². The van der Waals surface area contributed by atoms with Crippen LogP contribution in [0.4, 0.5) is 5.69 Å². The number of hydrogen-bond acceptors (Lipinski definition) is 4. The Morgan fingerprint density at radius 3 is 2.59 bits per heavy atom. The highest BCUT2D eigenvalue weighted by molar-refractivity contribution is 8.02. The fourth-order valence-corrected chi connectivity index (χ4v) is 4.41. The van der Waals surface area contributed by atoms with Gasteiger partial charge in [-0.25, -0.2) is 0 Å². The van der Waals surface area contributed by atoms with Crippen molar-refractivity contribution in [3.8, 4) is 0 Å². The molecule has 1 aromatic heterocycles. The predicted molar refractivity (Wildman–Crippen MR) is 97.5 cm³/mol. The van der Waals surface area contributed by atoms with E-state index >= 15 is 0 Å². The second-order valence-corrected chi connectivity index (χ2v) is 7.56. The summed E-state index contributed by atoms with van der Waals surface area (Å²) < 4.78 is 5.78. The molecule has 0 bridgehead atoms. The van der Waals surface area contributed by atoms with E-state index in [4.69, 9.17) is 11.6 Å². The number of ketones is 1. The van der Waals surface area contributed by atoms with E-state index in [2.05, 4.69) is 17.7 Å². The van der Waals surface area contributed by atoms with Gasteiger partial charge in [0, 0.05) is 21.0 Å². The molecule has 2 nitrogen and oxygen atoms in total. The zero-order chi connectivity index (χ0) is 15.7. The predicted octanol–water partition coefficient (Wildman–Crippen LogP) is 6.18. The standard InChI is InChI=1S/C17H14ClNOS2/c1-10-15-9-13(18)5-8-16(15)21-17(10)22-19-14-6-3-12(4-7-14)11(2)20/h3-9,19H,1-2H3. The van der Waals surface area contributed by atoms with Gasteiger partial charge in [-0.2, -0.15) is 0 Å². The molecular weight excluding hydrogens is 334 g/mol. The van der Waals surface area contributed by atoms with Crippen LogP contribution in [0, 0.1) is 6.92 Å². The minimum atomic E-state index is 0.0800. The van der Waals surface area contributed by atoms with Crippen molar-refractivity contribution in [3.05, 3.63) is 58.6 Å². The Balaban J connectivity index is 1.79. The molecular formula is C17H14ClNOS2. The SMILES string of the molecule is CC(=O)c1ccc(NSc2sc3ccc(Cl)cc3c2C)cc1. The average Bonchev–Trinajstić information content (AvgIpc) is 2.82. The van der Waals surface area contributed by atoms with Gasteiger partial charge in [-0.3, -0.25) is 4.79 Å². The van der Waals surface area contributed by atoms with E-state index in [1.54, 1.807) is 30.2 Å². The minimum Gasteiger partial charge on any atom is -0.325 e. The lowest BCUT2D eigenvalue weighted by molar-refractivity contribution is 0.101. The Kier molecular flexibility index (Phi) is 4.43. The third-order valence-corrected chi connectivity index (χ3v) is 6.04. The first kappa shape index (κ1) is 15.4. The molecule has 0 fully saturated rings. The molecule has 0 aliphatic heterocycles. The van der Waals surface area contributed by atoms with Crippen molar-refractivity contribution in [2.45, 2.75) is 18.1 Å². The molecule has 0 radical (unpaired) electrons. The lowest BCUT2D eigenvalue weighted by Gasteiger charge is -2.05. The van der Waals surface area contributed by atoms with Gasteiger partial charge < -0.3 is 4.72 Å². The highest BCUT2D eigenvalue weighted by atomic mass is 35.5. The second kappa shape index (κ2) is 6.32. The highest BCUT2D eigenvalue weighted by Crippen LogP contribution is 2.38. The molecule has 2 aromatic carbocycles. The van der Waals surface area contributed by atoms with Gasteiger partial charge in [0.25, 0.3) is 0 Å². The molecule has 1 heterocycles. The van der Waals surface area contributed by atoms with E-state index in [0.29, 0.717) is 0 Å². The van der Waals surface area contributed by atoms with Gasteiger partial charge in [-0.05, 0) is 79.2 Å². The number of rotatable bonds is 4. The summed E-state index contributed by atoms with van der Waals surface area (Å²) in [5, 5.41) is 1.96. The molecule has 0 aliphatic carbocycles. The molecule has 0 spiro atoms. The van der Waals surface area contributed by atoms with Crippen molar-refractivity contribution in [3.63, 3.8) is 0 Å². The molecule has 0 amide bonds. The Hall–Kier alpha value is -1.49. The van der Waals surface area contributed by atoms with Crippen LogP contribution in [-0.4, -0.2) is 5.78 Å². The number of hydrogen-bond donors (Lipinski definition) is 1. The zero-order valence-corrected chi connectivity index (χ0v) is 14.5. The topological polar surface area (TPSA) is 29.1 Å². The van der Waals surface area contributed by atoms with E-state index < -0.39 is 0 Å². The summed E-state index contributed by atoms with van der Waals surface area (Å²) in [5.41, 5.74) is 2.94. The molecule has 5 heteroatoms. The molecule has 3 aromatic rings. The van der Waals surface area contributed by atoms with Gasteiger partial charge in [-0.15, -0.1) is 11.3 Å². The van der Waals surface area contributed by atoms with Crippen molar-refractivity contribution in [2.24, 2.45) is 0 Å². The van der Waals surface area contributed by atoms with E-state index in [-0.39, 0.29) is 5.78 Å². The Bertz CT molecular complexity index is 840. The van der Waals surface area contributed by atoms with Crippen LogP contribution in [0.25, 0.3) is 10.1 Å². The molecule has 1 N–H and O–H groups in total. The van der Waals surface area contributed by atoms with Crippen molar-refractivity contribution in [1.82, 2.24) is 0 Å².